The number of nitrogens with one attached hydrogen (secondary N) is 1. The zero-order chi connectivity index (χ0) is 23.4. The van der Waals surface area contributed by atoms with Gasteiger partial charge < -0.3 is 19.7 Å². The van der Waals surface area contributed by atoms with E-state index in [0.717, 1.165) is 16.7 Å². The Bertz CT molecular complexity index is 1150. The van der Waals surface area contributed by atoms with E-state index in [1.807, 2.05) is 42.5 Å². The summed E-state index contributed by atoms with van der Waals surface area (Å²) >= 11 is 0. The second-order valence-electron chi connectivity index (χ2n) is 7.94. The van der Waals surface area contributed by atoms with E-state index >= 15 is 0 Å². The Balaban J connectivity index is 1.69. The van der Waals surface area contributed by atoms with Gasteiger partial charge in [0.1, 0.15) is 0 Å². The molecule has 0 aliphatic carbocycles. The standard InChI is InChI=1S/C26H27N3O4/c1-29-24(18-8-9-21(32-2)22(16-18)33-3)23(19-6-4-5-7-20(19)26(29)31)25(30)28-15-12-17-10-13-27-14-11-17/h4-11,13-14,16,23-24H,12,15H2,1-3H3,(H,28,30)/t23-,24+/m0/s1. The van der Waals surface area contributed by atoms with Crippen molar-refractivity contribution in [1.29, 1.82) is 0 Å². The van der Waals surface area contributed by atoms with Gasteiger partial charge in [-0.3, -0.25) is 14.6 Å². The molecule has 3 aromatic rings. The first-order chi connectivity index (χ1) is 16.0. The molecule has 7 heteroatoms. The predicted octanol–water partition coefficient (Wildman–Crippen LogP) is 3.37. The first-order valence-electron chi connectivity index (χ1n) is 10.8. The number of rotatable bonds is 7. The van der Waals surface area contributed by atoms with Crippen molar-refractivity contribution in [1.82, 2.24) is 15.2 Å². The van der Waals surface area contributed by atoms with E-state index in [4.69, 9.17) is 9.47 Å². The number of fused-ring (bicyclic) bond motifs is 1. The Morgan fingerprint density at radius 2 is 1.76 bits per heavy atom. The average molecular weight is 446 g/mol. The first-order valence-corrected chi connectivity index (χ1v) is 10.8. The molecule has 2 atom stereocenters. The predicted molar refractivity (Wildman–Crippen MR) is 125 cm³/mol. The van der Waals surface area contributed by atoms with E-state index in [2.05, 4.69) is 10.3 Å². The summed E-state index contributed by atoms with van der Waals surface area (Å²) in [5.74, 6) is 0.317. The lowest BCUT2D eigenvalue weighted by molar-refractivity contribution is -0.124. The molecule has 33 heavy (non-hydrogen) atoms. The van der Waals surface area contributed by atoms with Gasteiger partial charge in [-0.05, 0) is 53.4 Å². The molecule has 4 rings (SSSR count). The molecule has 0 unspecified atom stereocenters. The topological polar surface area (TPSA) is 80.8 Å². The third-order valence-electron chi connectivity index (χ3n) is 6.07. The molecular weight excluding hydrogens is 418 g/mol. The van der Waals surface area contributed by atoms with Crippen molar-refractivity contribution in [2.24, 2.45) is 0 Å². The Kier molecular flexibility index (Phi) is 6.58. The van der Waals surface area contributed by atoms with Crippen molar-refractivity contribution < 1.29 is 19.1 Å². The number of benzene rings is 2. The van der Waals surface area contributed by atoms with Crippen molar-refractivity contribution in [3.8, 4) is 11.5 Å². The summed E-state index contributed by atoms with van der Waals surface area (Å²) in [6.07, 6.45) is 4.17. The van der Waals surface area contributed by atoms with Crippen LogP contribution in [0.1, 0.15) is 39.0 Å². The smallest absolute Gasteiger partial charge is 0.254 e. The maximum Gasteiger partial charge on any atom is 0.254 e. The highest BCUT2D eigenvalue weighted by atomic mass is 16.5. The number of pyridine rings is 1. The largest absolute Gasteiger partial charge is 0.493 e. The lowest BCUT2D eigenvalue weighted by atomic mass is 9.79. The van der Waals surface area contributed by atoms with Crippen LogP contribution in [0, 0.1) is 0 Å². The van der Waals surface area contributed by atoms with Crippen molar-refractivity contribution in [2.75, 3.05) is 27.8 Å². The number of methoxy groups -OCH3 is 2. The lowest BCUT2D eigenvalue weighted by Crippen LogP contribution is -2.46. The summed E-state index contributed by atoms with van der Waals surface area (Å²) in [6, 6.07) is 16.2. The lowest BCUT2D eigenvalue weighted by Gasteiger charge is -2.40. The van der Waals surface area contributed by atoms with Gasteiger partial charge in [-0.25, -0.2) is 0 Å². The molecule has 2 amide bonds. The molecule has 0 bridgehead atoms. The Morgan fingerprint density at radius 3 is 2.48 bits per heavy atom. The summed E-state index contributed by atoms with van der Waals surface area (Å²) in [5, 5.41) is 3.07. The highest BCUT2D eigenvalue weighted by molar-refractivity contribution is 6.01. The van der Waals surface area contributed by atoms with Crippen molar-refractivity contribution in [3.05, 3.63) is 89.2 Å². The highest BCUT2D eigenvalue weighted by Crippen LogP contribution is 2.43. The molecular formula is C26H27N3O4. The second kappa shape index (κ2) is 9.73. The molecule has 2 aromatic carbocycles. The number of aromatic nitrogens is 1. The third kappa shape index (κ3) is 4.39. The maximum atomic E-state index is 13.5. The molecule has 1 N–H and O–H groups in total. The number of carbonyl (C=O) groups is 2. The number of carbonyl (C=O) groups excluding carboxylic acids is 2. The first kappa shape index (κ1) is 22.3. The minimum absolute atomic E-state index is 0.119. The number of nitrogens with zero attached hydrogens (tertiary/aromatic N) is 2. The molecule has 0 radical (unpaired) electrons. The van der Waals surface area contributed by atoms with E-state index in [1.54, 1.807) is 50.7 Å². The van der Waals surface area contributed by atoms with Crippen LogP contribution in [0.5, 0.6) is 11.5 Å². The van der Waals surface area contributed by atoms with Crippen LogP contribution >= 0.6 is 0 Å². The summed E-state index contributed by atoms with van der Waals surface area (Å²) in [4.78, 5) is 32.4. The van der Waals surface area contributed by atoms with Crippen LogP contribution in [-0.2, 0) is 11.2 Å². The van der Waals surface area contributed by atoms with Crippen LogP contribution in [0.25, 0.3) is 0 Å². The molecule has 1 aliphatic heterocycles. The van der Waals surface area contributed by atoms with Gasteiger partial charge in [-0.1, -0.05) is 24.3 Å². The Hall–Kier alpha value is -3.87. The highest BCUT2D eigenvalue weighted by Gasteiger charge is 2.42. The summed E-state index contributed by atoms with van der Waals surface area (Å²) in [5.41, 5.74) is 3.16. The van der Waals surface area contributed by atoms with Gasteiger partial charge in [0.05, 0.1) is 26.2 Å². The molecule has 0 spiro atoms. The molecule has 0 saturated carbocycles. The van der Waals surface area contributed by atoms with Crippen molar-refractivity contribution >= 4 is 11.8 Å². The van der Waals surface area contributed by atoms with Crippen molar-refractivity contribution in [2.45, 2.75) is 18.4 Å². The SMILES string of the molecule is COc1ccc([C@@H]2[C@@H](C(=O)NCCc3ccncc3)c3ccccc3C(=O)N2C)cc1OC. The van der Waals surface area contributed by atoms with Crippen LogP contribution in [-0.4, -0.2) is 49.5 Å². The average Bonchev–Trinajstić information content (AvgIpc) is 2.86. The monoisotopic (exact) mass is 445 g/mol. The third-order valence-corrected chi connectivity index (χ3v) is 6.07. The van der Waals surface area contributed by atoms with Crippen LogP contribution in [0.2, 0.25) is 0 Å². The van der Waals surface area contributed by atoms with Gasteiger partial charge in [-0.15, -0.1) is 0 Å². The van der Waals surface area contributed by atoms with E-state index in [0.29, 0.717) is 30.0 Å². The molecule has 1 aliphatic rings. The van der Waals surface area contributed by atoms with Gasteiger partial charge >= 0.3 is 0 Å². The number of ether oxygens (including phenoxy) is 2. The van der Waals surface area contributed by atoms with Gasteiger partial charge in [0.25, 0.3) is 5.91 Å². The van der Waals surface area contributed by atoms with Crippen molar-refractivity contribution in [3.63, 3.8) is 0 Å². The van der Waals surface area contributed by atoms with Crippen LogP contribution in [0.15, 0.2) is 67.0 Å². The van der Waals surface area contributed by atoms with Gasteiger partial charge in [0.2, 0.25) is 5.91 Å². The number of hydrogen-bond donors (Lipinski definition) is 1. The van der Waals surface area contributed by atoms with E-state index in [-0.39, 0.29) is 11.8 Å². The van der Waals surface area contributed by atoms with Crippen LogP contribution in [0.3, 0.4) is 0 Å². The zero-order valence-electron chi connectivity index (χ0n) is 18.9. The molecule has 7 nitrogen and oxygen atoms in total. The van der Waals surface area contributed by atoms with Gasteiger partial charge in [-0.2, -0.15) is 0 Å². The fraction of sp³-hybridized carbons (Fsp3) is 0.269. The normalized spacial score (nSPS) is 17.3. The van der Waals surface area contributed by atoms with E-state index in [1.165, 1.54) is 0 Å². The van der Waals surface area contributed by atoms with Crippen LogP contribution < -0.4 is 14.8 Å². The fourth-order valence-corrected chi connectivity index (χ4v) is 4.40. The Labute approximate surface area is 193 Å². The van der Waals surface area contributed by atoms with Crippen LogP contribution in [0.4, 0.5) is 0 Å². The molecule has 0 fully saturated rings. The second-order valence-corrected chi connectivity index (χ2v) is 7.94. The zero-order valence-corrected chi connectivity index (χ0v) is 18.9. The summed E-state index contributed by atoms with van der Waals surface area (Å²) in [6.45, 7) is 0.484. The molecule has 0 saturated heterocycles. The van der Waals surface area contributed by atoms with E-state index in [9.17, 15) is 9.59 Å². The van der Waals surface area contributed by atoms with Gasteiger partial charge in [0.15, 0.2) is 11.5 Å². The number of hydrogen-bond acceptors (Lipinski definition) is 5. The molecule has 1 aromatic heterocycles. The molecule has 170 valence electrons. The number of likely N-dealkylation sites (N-methyl/N-ethyl adjacent to an activating group) is 1. The fourth-order valence-electron chi connectivity index (χ4n) is 4.40. The summed E-state index contributed by atoms with van der Waals surface area (Å²) < 4.78 is 10.8. The quantitative estimate of drug-likeness (QED) is 0.603. The summed E-state index contributed by atoms with van der Waals surface area (Å²) in [7, 11) is 4.87. The Morgan fingerprint density at radius 1 is 1.03 bits per heavy atom. The maximum absolute atomic E-state index is 13.5. The number of amides is 2. The molecule has 2 heterocycles. The van der Waals surface area contributed by atoms with Gasteiger partial charge in [0, 0.05) is 31.5 Å². The van der Waals surface area contributed by atoms with E-state index < -0.39 is 12.0 Å². The minimum Gasteiger partial charge on any atom is -0.493 e. The minimum atomic E-state index is -0.570.